The molecular weight excluding hydrogens is 316 g/mol. The molecule has 0 aliphatic carbocycles. The molecule has 5 nitrogen and oxygen atoms in total. The molecule has 1 atom stereocenters. The zero-order valence-corrected chi connectivity index (χ0v) is 14.8. The van der Waals surface area contributed by atoms with E-state index in [4.69, 9.17) is 4.74 Å². The smallest absolute Gasteiger partial charge is 0.414 e. The predicted molar refractivity (Wildman–Crippen MR) is 96.9 cm³/mol. The average Bonchev–Trinajstić information content (AvgIpc) is 2.96. The van der Waals surface area contributed by atoms with Crippen LogP contribution in [0.15, 0.2) is 36.5 Å². The van der Waals surface area contributed by atoms with Gasteiger partial charge >= 0.3 is 6.09 Å². The minimum absolute atomic E-state index is 0.00136. The zero-order chi connectivity index (χ0) is 18.0. The highest BCUT2D eigenvalue weighted by Crippen LogP contribution is 2.31. The van der Waals surface area contributed by atoms with Crippen molar-refractivity contribution in [3.63, 3.8) is 0 Å². The van der Waals surface area contributed by atoms with Crippen molar-refractivity contribution in [1.29, 1.82) is 0 Å². The Bertz CT molecular complexity index is 799. The third-order valence-corrected chi connectivity index (χ3v) is 4.39. The van der Waals surface area contributed by atoms with Crippen molar-refractivity contribution in [3.8, 4) is 11.3 Å². The van der Waals surface area contributed by atoms with Crippen molar-refractivity contribution in [2.24, 2.45) is 0 Å². The third-order valence-electron chi connectivity index (χ3n) is 4.39. The van der Waals surface area contributed by atoms with Gasteiger partial charge in [-0.2, -0.15) is 0 Å². The minimum atomic E-state index is -0.359. The second kappa shape index (κ2) is 7.05. The SMILES string of the molecule is CCC[C@@H]1COC(=O)N1c1cc(C(C)=O)cc(-c2ccc(C)cn2)c1. The molecule has 1 aromatic heterocycles. The van der Waals surface area contributed by atoms with Gasteiger partial charge < -0.3 is 4.74 Å². The highest BCUT2D eigenvalue weighted by Gasteiger charge is 2.34. The van der Waals surface area contributed by atoms with Crippen molar-refractivity contribution < 1.29 is 14.3 Å². The topological polar surface area (TPSA) is 59.5 Å². The number of amides is 1. The number of cyclic esters (lactones) is 1. The van der Waals surface area contributed by atoms with Gasteiger partial charge in [0.1, 0.15) is 6.61 Å². The molecule has 1 aromatic carbocycles. The van der Waals surface area contributed by atoms with Crippen LogP contribution >= 0.6 is 0 Å². The lowest BCUT2D eigenvalue weighted by Gasteiger charge is -2.22. The molecule has 5 heteroatoms. The Morgan fingerprint density at radius 2 is 2.12 bits per heavy atom. The summed E-state index contributed by atoms with van der Waals surface area (Å²) in [5.74, 6) is -0.0465. The van der Waals surface area contributed by atoms with E-state index in [0.717, 1.165) is 29.7 Å². The van der Waals surface area contributed by atoms with Crippen molar-refractivity contribution in [3.05, 3.63) is 47.7 Å². The van der Waals surface area contributed by atoms with Crippen molar-refractivity contribution in [2.75, 3.05) is 11.5 Å². The van der Waals surface area contributed by atoms with Gasteiger partial charge in [0.2, 0.25) is 0 Å². The summed E-state index contributed by atoms with van der Waals surface area (Å²) in [7, 11) is 0. The number of Topliss-reactive ketones (excluding diaryl/α,β-unsaturated/α-hetero) is 1. The number of nitrogens with zero attached hydrogens (tertiary/aromatic N) is 2. The van der Waals surface area contributed by atoms with E-state index >= 15 is 0 Å². The molecule has 130 valence electrons. The highest BCUT2D eigenvalue weighted by atomic mass is 16.6. The second-order valence-corrected chi connectivity index (χ2v) is 6.43. The number of ketones is 1. The quantitative estimate of drug-likeness (QED) is 0.759. The summed E-state index contributed by atoms with van der Waals surface area (Å²) >= 11 is 0. The van der Waals surface area contributed by atoms with E-state index in [2.05, 4.69) is 11.9 Å². The van der Waals surface area contributed by atoms with Crippen LogP contribution in [0, 0.1) is 6.92 Å². The number of carbonyl (C=O) groups excluding carboxylic acids is 2. The summed E-state index contributed by atoms with van der Waals surface area (Å²) in [6, 6.07) is 9.38. The molecule has 2 heterocycles. The standard InChI is InChI=1S/C20H22N2O3/c1-4-5-17-12-25-20(24)22(17)18-9-15(14(3)23)8-16(10-18)19-7-6-13(2)11-21-19/h6-11,17H,4-5,12H2,1-3H3/t17-/m1/s1. The van der Waals surface area contributed by atoms with Crippen LogP contribution in [0.25, 0.3) is 11.3 Å². The van der Waals surface area contributed by atoms with Crippen molar-refractivity contribution >= 4 is 17.6 Å². The van der Waals surface area contributed by atoms with Crippen LogP contribution in [-0.2, 0) is 4.74 Å². The predicted octanol–water partition coefficient (Wildman–Crippen LogP) is 4.38. The fourth-order valence-corrected chi connectivity index (χ4v) is 3.06. The van der Waals surface area contributed by atoms with Crippen LogP contribution < -0.4 is 4.90 Å². The molecule has 1 fully saturated rings. The van der Waals surface area contributed by atoms with Gasteiger partial charge in [0.05, 0.1) is 11.7 Å². The minimum Gasteiger partial charge on any atom is -0.447 e. The lowest BCUT2D eigenvalue weighted by Crippen LogP contribution is -2.33. The number of anilines is 1. The summed E-state index contributed by atoms with van der Waals surface area (Å²) in [6.45, 7) is 5.96. The Balaban J connectivity index is 2.08. The van der Waals surface area contributed by atoms with E-state index in [0.29, 0.717) is 17.9 Å². The number of ether oxygens (including phenoxy) is 1. The van der Waals surface area contributed by atoms with Gasteiger partial charge in [-0.3, -0.25) is 14.7 Å². The van der Waals surface area contributed by atoms with E-state index in [1.54, 1.807) is 17.2 Å². The third kappa shape index (κ3) is 3.55. The molecule has 1 amide bonds. The Labute approximate surface area is 147 Å². The Kier molecular flexibility index (Phi) is 4.83. The van der Waals surface area contributed by atoms with Gasteiger partial charge in [0.15, 0.2) is 5.78 Å². The first-order valence-corrected chi connectivity index (χ1v) is 8.54. The van der Waals surface area contributed by atoms with Crippen LogP contribution in [0.5, 0.6) is 0 Å². The van der Waals surface area contributed by atoms with Gasteiger partial charge in [-0.05, 0) is 50.1 Å². The fourth-order valence-electron chi connectivity index (χ4n) is 3.06. The van der Waals surface area contributed by atoms with Crippen LogP contribution in [0.3, 0.4) is 0 Å². The molecule has 0 bridgehead atoms. The maximum atomic E-state index is 12.2. The number of pyridine rings is 1. The van der Waals surface area contributed by atoms with Gasteiger partial charge in [0, 0.05) is 23.0 Å². The maximum absolute atomic E-state index is 12.2. The first kappa shape index (κ1) is 17.1. The molecular formula is C20H22N2O3. The monoisotopic (exact) mass is 338 g/mol. The number of carbonyl (C=O) groups is 2. The first-order chi connectivity index (χ1) is 12.0. The summed E-state index contributed by atoms with van der Waals surface area (Å²) in [6.07, 6.45) is 3.24. The average molecular weight is 338 g/mol. The van der Waals surface area contributed by atoms with Crippen molar-refractivity contribution in [2.45, 2.75) is 39.7 Å². The number of hydrogen-bond acceptors (Lipinski definition) is 4. The summed E-state index contributed by atoms with van der Waals surface area (Å²) in [5.41, 5.74) is 3.90. The van der Waals surface area contributed by atoms with Crippen LogP contribution in [0.2, 0.25) is 0 Å². The second-order valence-electron chi connectivity index (χ2n) is 6.43. The molecule has 0 N–H and O–H groups in total. The normalized spacial score (nSPS) is 16.8. The van der Waals surface area contributed by atoms with E-state index in [-0.39, 0.29) is 17.9 Å². The van der Waals surface area contributed by atoms with Gasteiger partial charge in [-0.25, -0.2) is 4.79 Å². The summed E-state index contributed by atoms with van der Waals surface area (Å²) < 4.78 is 5.23. The van der Waals surface area contributed by atoms with E-state index in [1.807, 2.05) is 31.2 Å². The lowest BCUT2D eigenvalue weighted by molar-refractivity contribution is 0.101. The zero-order valence-electron chi connectivity index (χ0n) is 14.8. The van der Waals surface area contributed by atoms with E-state index < -0.39 is 0 Å². The summed E-state index contributed by atoms with van der Waals surface area (Å²) in [4.78, 5) is 30.3. The molecule has 25 heavy (non-hydrogen) atoms. The fraction of sp³-hybridized carbons (Fsp3) is 0.350. The van der Waals surface area contributed by atoms with Crippen LogP contribution in [0.1, 0.15) is 42.6 Å². The lowest BCUT2D eigenvalue weighted by atomic mass is 10.0. The molecule has 0 unspecified atom stereocenters. The Morgan fingerprint density at radius 3 is 2.76 bits per heavy atom. The first-order valence-electron chi connectivity index (χ1n) is 8.54. The molecule has 1 aliphatic heterocycles. The van der Waals surface area contributed by atoms with Gasteiger partial charge in [-0.1, -0.05) is 19.4 Å². The molecule has 1 aliphatic rings. The number of benzene rings is 1. The van der Waals surface area contributed by atoms with Crippen LogP contribution in [-0.4, -0.2) is 29.5 Å². The molecule has 0 saturated carbocycles. The Hall–Kier alpha value is -2.69. The Morgan fingerprint density at radius 1 is 1.32 bits per heavy atom. The van der Waals surface area contributed by atoms with Crippen LogP contribution in [0.4, 0.5) is 10.5 Å². The van der Waals surface area contributed by atoms with Gasteiger partial charge in [-0.15, -0.1) is 0 Å². The molecule has 1 saturated heterocycles. The molecule has 0 spiro atoms. The van der Waals surface area contributed by atoms with E-state index in [1.165, 1.54) is 6.92 Å². The molecule has 0 radical (unpaired) electrons. The number of hydrogen-bond donors (Lipinski definition) is 0. The number of aromatic nitrogens is 1. The number of aryl methyl sites for hydroxylation is 1. The largest absolute Gasteiger partial charge is 0.447 e. The molecule has 2 aromatic rings. The van der Waals surface area contributed by atoms with E-state index in [9.17, 15) is 9.59 Å². The number of rotatable bonds is 5. The summed E-state index contributed by atoms with van der Waals surface area (Å²) in [5, 5.41) is 0. The van der Waals surface area contributed by atoms with Gasteiger partial charge in [0.25, 0.3) is 0 Å². The molecule has 3 rings (SSSR count). The maximum Gasteiger partial charge on any atom is 0.414 e. The van der Waals surface area contributed by atoms with Crippen molar-refractivity contribution in [1.82, 2.24) is 4.98 Å². The highest BCUT2D eigenvalue weighted by molar-refractivity contribution is 5.99.